The molecular formula is C28H25F3N2O5. The number of pyridine rings is 1. The Morgan fingerprint density at radius 3 is 2.47 bits per heavy atom. The van der Waals surface area contributed by atoms with Gasteiger partial charge >= 0.3 is 0 Å². The molecule has 1 fully saturated rings. The predicted octanol–water partition coefficient (Wildman–Crippen LogP) is 3.56. The molecule has 0 saturated heterocycles. The van der Waals surface area contributed by atoms with Crippen molar-refractivity contribution in [3.05, 3.63) is 117 Å². The van der Waals surface area contributed by atoms with E-state index in [9.17, 15) is 37.8 Å². The zero-order valence-corrected chi connectivity index (χ0v) is 20.2. The Kier molecular flexibility index (Phi) is 8.11. The number of aliphatic hydroxyl groups excluding tert-OH is 2. The van der Waals surface area contributed by atoms with Gasteiger partial charge in [-0.3, -0.25) is 14.4 Å². The number of aliphatic hydroxyl groups is 2. The van der Waals surface area contributed by atoms with Crippen molar-refractivity contribution in [1.82, 2.24) is 9.88 Å². The molecule has 0 radical (unpaired) electrons. The number of nitrogens with zero attached hydrogens (tertiary/aromatic N) is 1. The number of nitrogens with one attached hydrogen (secondary N) is 1. The molecule has 2 atom stereocenters. The molecule has 0 bridgehead atoms. The van der Waals surface area contributed by atoms with E-state index >= 15 is 0 Å². The molecule has 1 aliphatic carbocycles. The molecule has 38 heavy (non-hydrogen) atoms. The van der Waals surface area contributed by atoms with Gasteiger partial charge in [0.2, 0.25) is 0 Å². The van der Waals surface area contributed by atoms with Gasteiger partial charge in [0.05, 0.1) is 24.3 Å². The minimum Gasteiger partial charge on any atom is -0.503 e. The van der Waals surface area contributed by atoms with Crippen LogP contribution in [-0.2, 0) is 17.8 Å². The third kappa shape index (κ3) is 6.20. The van der Waals surface area contributed by atoms with E-state index in [-0.39, 0.29) is 29.7 Å². The number of allylic oxidation sites excluding steroid dienone is 1. The number of carbonyl (C=O) groups excluding carboxylic acids is 2. The smallest absolute Gasteiger partial charge is 0.286 e. The summed E-state index contributed by atoms with van der Waals surface area (Å²) in [5, 5.41) is 22.5. The highest BCUT2D eigenvalue weighted by atomic mass is 19.1. The number of benzene rings is 2. The van der Waals surface area contributed by atoms with Gasteiger partial charge in [0, 0.05) is 30.3 Å². The van der Waals surface area contributed by atoms with Gasteiger partial charge in [-0.05, 0) is 48.6 Å². The summed E-state index contributed by atoms with van der Waals surface area (Å²) in [4.78, 5) is 38.5. The number of carbonyl (C=O) groups is 2. The molecule has 2 aromatic carbocycles. The number of rotatable bonds is 8. The van der Waals surface area contributed by atoms with E-state index in [1.54, 1.807) is 6.07 Å². The summed E-state index contributed by atoms with van der Waals surface area (Å²) in [5.74, 6) is -5.11. The van der Waals surface area contributed by atoms with E-state index in [0.29, 0.717) is 31.4 Å². The lowest BCUT2D eigenvalue weighted by atomic mass is 10.0. The maximum atomic E-state index is 14.3. The van der Waals surface area contributed by atoms with Crippen molar-refractivity contribution in [2.45, 2.75) is 44.4 Å². The monoisotopic (exact) mass is 526 g/mol. The first-order chi connectivity index (χ1) is 18.1. The highest BCUT2D eigenvalue weighted by molar-refractivity contribution is 6.08. The summed E-state index contributed by atoms with van der Waals surface area (Å²) < 4.78 is 43.0. The molecule has 1 aromatic heterocycles. The maximum absolute atomic E-state index is 14.3. The van der Waals surface area contributed by atoms with Crippen LogP contribution in [-0.4, -0.2) is 38.6 Å². The maximum Gasteiger partial charge on any atom is 0.286 e. The number of hydrogen-bond acceptors (Lipinski definition) is 5. The Bertz CT molecular complexity index is 1470. The van der Waals surface area contributed by atoms with E-state index in [4.69, 9.17) is 0 Å². The summed E-state index contributed by atoms with van der Waals surface area (Å²) in [5.41, 5.74) is -0.736. The largest absolute Gasteiger partial charge is 0.503 e. The molecule has 4 rings (SSSR count). The first-order valence-electron chi connectivity index (χ1n) is 12.0. The van der Waals surface area contributed by atoms with Crippen LogP contribution in [0.1, 0.15) is 46.3 Å². The fourth-order valence-electron chi connectivity index (χ4n) is 4.40. The van der Waals surface area contributed by atoms with Gasteiger partial charge in [0.1, 0.15) is 17.5 Å². The predicted molar refractivity (Wildman–Crippen MR) is 132 cm³/mol. The third-order valence-corrected chi connectivity index (χ3v) is 6.41. The SMILES string of the molecule is O=C(N[C@@H]1CCC[C@H]1O)C(O)=CC(=O)c1cc(Cc2ccc(F)cc2F)cn(Cc2ccccc2F)c1=O. The summed E-state index contributed by atoms with van der Waals surface area (Å²) in [6, 6.07) is 9.35. The summed E-state index contributed by atoms with van der Waals surface area (Å²) in [6.45, 7) is -0.249. The highest BCUT2D eigenvalue weighted by Gasteiger charge is 2.28. The molecule has 1 amide bonds. The molecule has 7 nitrogen and oxygen atoms in total. The van der Waals surface area contributed by atoms with Crippen LogP contribution < -0.4 is 10.9 Å². The number of halogens is 3. The minimum atomic E-state index is -1.00. The quantitative estimate of drug-likeness (QED) is 0.236. The van der Waals surface area contributed by atoms with Crippen molar-refractivity contribution >= 4 is 11.7 Å². The van der Waals surface area contributed by atoms with Crippen LogP contribution in [0.25, 0.3) is 0 Å². The summed E-state index contributed by atoms with van der Waals surface area (Å²) in [6.07, 6.45) is 2.73. The van der Waals surface area contributed by atoms with Gasteiger partial charge in [-0.15, -0.1) is 0 Å². The first kappa shape index (κ1) is 26.9. The van der Waals surface area contributed by atoms with E-state index in [1.165, 1.54) is 36.5 Å². The second-order valence-electron chi connectivity index (χ2n) is 9.17. The highest BCUT2D eigenvalue weighted by Crippen LogP contribution is 2.19. The van der Waals surface area contributed by atoms with Gasteiger partial charge in [-0.2, -0.15) is 0 Å². The molecule has 198 valence electrons. The van der Waals surface area contributed by atoms with Crippen molar-refractivity contribution < 1.29 is 33.0 Å². The third-order valence-electron chi connectivity index (χ3n) is 6.41. The molecule has 0 aliphatic heterocycles. The summed E-state index contributed by atoms with van der Waals surface area (Å²) >= 11 is 0. The van der Waals surface area contributed by atoms with Crippen LogP contribution >= 0.6 is 0 Å². The van der Waals surface area contributed by atoms with Crippen molar-refractivity contribution in [2.75, 3.05) is 0 Å². The van der Waals surface area contributed by atoms with Crippen molar-refractivity contribution in [2.24, 2.45) is 0 Å². The lowest BCUT2D eigenvalue weighted by molar-refractivity contribution is -0.121. The van der Waals surface area contributed by atoms with Crippen LogP contribution in [0.2, 0.25) is 0 Å². The Morgan fingerprint density at radius 2 is 1.79 bits per heavy atom. The van der Waals surface area contributed by atoms with Crippen molar-refractivity contribution in [3.63, 3.8) is 0 Å². The Balaban J connectivity index is 1.68. The van der Waals surface area contributed by atoms with E-state index < -0.39 is 58.2 Å². The molecule has 3 N–H and O–H groups in total. The molecule has 10 heteroatoms. The van der Waals surface area contributed by atoms with Gasteiger partial charge in [-0.1, -0.05) is 24.3 Å². The molecule has 0 unspecified atom stereocenters. The zero-order chi connectivity index (χ0) is 27.4. The van der Waals surface area contributed by atoms with Gasteiger partial charge in [-0.25, -0.2) is 13.2 Å². The number of hydrogen-bond donors (Lipinski definition) is 3. The van der Waals surface area contributed by atoms with Crippen LogP contribution in [0, 0.1) is 17.5 Å². The number of ketones is 1. The average Bonchev–Trinajstić information content (AvgIpc) is 3.27. The molecular weight excluding hydrogens is 501 g/mol. The van der Waals surface area contributed by atoms with Crippen molar-refractivity contribution in [3.8, 4) is 0 Å². The Labute approximate surface area is 215 Å². The van der Waals surface area contributed by atoms with Crippen LogP contribution in [0.4, 0.5) is 13.2 Å². The Morgan fingerprint density at radius 1 is 1.03 bits per heavy atom. The second kappa shape index (κ2) is 11.5. The second-order valence-corrected chi connectivity index (χ2v) is 9.17. The standard InChI is InChI=1S/C28H25F3N2O5/c29-19-9-8-17(22(31)12-19)10-16-11-20(28(38)33(14-16)15-18-4-1-2-5-21(18)30)25(35)13-26(36)27(37)32-23-6-3-7-24(23)34/h1-2,4-5,8-9,11-14,23-24,34,36H,3,6-7,10,15H2,(H,32,37)/t23-,24-/m1/s1. The molecule has 1 aliphatic rings. The van der Waals surface area contributed by atoms with Crippen LogP contribution in [0.3, 0.4) is 0 Å². The van der Waals surface area contributed by atoms with E-state index in [1.807, 2.05) is 0 Å². The number of amides is 1. The minimum absolute atomic E-state index is 0.0915. The normalized spacial score (nSPS) is 17.4. The zero-order valence-electron chi connectivity index (χ0n) is 20.2. The van der Waals surface area contributed by atoms with Crippen LogP contribution in [0.15, 0.2) is 71.4 Å². The summed E-state index contributed by atoms with van der Waals surface area (Å²) in [7, 11) is 0. The van der Waals surface area contributed by atoms with Crippen molar-refractivity contribution in [1.29, 1.82) is 0 Å². The van der Waals surface area contributed by atoms with Gasteiger partial charge in [0.15, 0.2) is 11.5 Å². The molecule has 1 heterocycles. The van der Waals surface area contributed by atoms with E-state index in [0.717, 1.165) is 10.6 Å². The average molecular weight is 527 g/mol. The molecule has 0 spiro atoms. The van der Waals surface area contributed by atoms with E-state index in [2.05, 4.69) is 5.32 Å². The van der Waals surface area contributed by atoms with Crippen LogP contribution in [0.5, 0.6) is 0 Å². The number of aromatic nitrogens is 1. The van der Waals surface area contributed by atoms with Gasteiger partial charge < -0.3 is 20.1 Å². The fraction of sp³-hybridized carbons (Fsp3) is 0.250. The lowest BCUT2D eigenvalue weighted by Crippen LogP contribution is -2.40. The lowest BCUT2D eigenvalue weighted by Gasteiger charge is -2.15. The molecule has 3 aromatic rings. The molecule has 1 saturated carbocycles. The Hall–Kier alpha value is -4.18. The topological polar surface area (TPSA) is 109 Å². The fourth-order valence-corrected chi connectivity index (χ4v) is 4.40. The van der Waals surface area contributed by atoms with Gasteiger partial charge in [0.25, 0.3) is 11.5 Å². The first-order valence-corrected chi connectivity index (χ1v) is 12.0.